The average Bonchev–Trinajstić information content (AvgIpc) is 3.38. The molecule has 0 saturated heterocycles. The lowest BCUT2D eigenvalue weighted by Gasteiger charge is -2.10. The highest BCUT2D eigenvalue weighted by atomic mass is 32.1. The van der Waals surface area contributed by atoms with Crippen LogP contribution in [0.5, 0.6) is 11.5 Å². The Morgan fingerprint density at radius 3 is 2.38 bits per heavy atom. The van der Waals surface area contributed by atoms with Crippen molar-refractivity contribution < 1.29 is 18.3 Å². The molecule has 0 radical (unpaired) electrons. The SMILES string of the molecule is COc1cc2c(cc1OC)-c1[nH]nc(Nc3cccc(F)c3)c1C2.Fc1cccc(N=C=S)c1. The highest BCUT2D eigenvalue weighted by Gasteiger charge is 2.26. The fourth-order valence-electron chi connectivity index (χ4n) is 3.66. The third-order valence-corrected chi connectivity index (χ3v) is 5.27. The van der Waals surface area contributed by atoms with Gasteiger partial charge in [-0.05, 0) is 60.2 Å². The molecular formula is C25H20F2N4O2S. The van der Waals surface area contributed by atoms with E-state index in [0.29, 0.717) is 28.7 Å². The number of benzene rings is 3. The van der Waals surface area contributed by atoms with E-state index < -0.39 is 0 Å². The molecule has 172 valence electrons. The Hall–Kier alpha value is -4.07. The summed E-state index contributed by atoms with van der Waals surface area (Å²) in [7, 11) is 3.24. The van der Waals surface area contributed by atoms with E-state index in [1.165, 1.54) is 24.3 Å². The normalized spacial score (nSPS) is 10.8. The number of hydrogen-bond donors (Lipinski definition) is 2. The molecule has 34 heavy (non-hydrogen) atoms. The number of hydrogen-bond acceptors (Lipinski definition) is 6. The van der Waals surface area contributed by atoms with Crippen molar-refractivity contribution in [2.75, 3.05) is 19.5 Å². The zero-order valence-electron chi connectivity index (χ0n) is 18.4. The molecule has 1 aromatic heterocycles. The van der Waals surface area contributed by atoms with Crippen molar-refractivity contribution in [1.29, 1.82) is 0 Å². The highest BCUT2D eigenvalue weighted by molar-refractivity contribution is 7.78. The number of aromatic nitrogens is 2. The van der Waals surface area contributed by atoms with Crippen molar-refractivity contribution in [3.05, 3.63) is 83.4 Å². The molecule has 3 aromatic carbocycles. The number of methoxy groups -OCH3 is 2. The van der Waals surface area contributed by atoms with Crippen LogP contribution in [-0.2, 0) is 6.42 Å². The number of isothiocyanates is 1. The molecule has 0 unspecified atom stereocenters. The third kappa shape index (κ3) is 4.96. The van der Waals surface area contributed by atoms with Gasteiger partial charge in [0.2, 0.25) is 0 Å². The second-order valence-electron chi connectivity index (χ2n) is 7.29. The van der Waals surface area contributed by atoms with Gasteiger partial charge in [0.1, 0.15) is 11.6 Å². The molecule has 1 heterocycles. The molecule has 0 fully saturated rings. The lowest BCUT2D eigenvalue weighted by molar-refractivity contribution is 0.355. The van der Waals surface area contributed by atoms with Crippen LogP contribution in [0.3, 0.4) is 0 Å². The number of rotatable bonds is 5. The summed E-state index contributed by atoms with van der Waals surface area (Å²) in [5.41, 5.74) is 5.33. The molecule has 0 spiro atoms. The molecule has 4 aromatic rings. The topological polar surface area (TPSA) is 71.5 Å². The molecule has 0 atom stereocenters. The summed E-state index contributed by atoms with van der Waals surface area (Å²) in [5.74, 6) is 1.48. The first kappa shape index (κ1) is 23.1. The van der Waals surface area contributed by atoms with E-state index in [-0.39, 0.29) is 11.6 Å². The zero-order valence-corrected chi connectivity index (χ0v) is 19.2. The Morgan fingerprint density at radius 2 is 1.71 bits per heavy atom. The zero-order chi connectivity index (χ0) is 24.1. The first-order valence-electron chi connectivity index (χ1n) is 10.2. The van der Waals surface area contributed by atoms with Crippen LogP contribution in [0.4, 0.5) is 26.0 Å². The summed E-state index contributed by atoms with van der Waals surface area (Å²) in [6.45, 7) is 0. The minimum Gasteiger partial charge on any atom is -0.493 e. The number of anilines is 2. The number of halogens is 2. The van der Waals surface area contributed by atoms with Gasteiger partial charge in [-0.1, -0.05) is 12.1 Å². The van der Waals surface area contributed by atoms with Crippen LogP contribution in [-0.4, -0.2) is 29.6 Å². The molecule has 5 rings (SSSR count). The number of aromatic amines is 1. The van der Waals surface area contributed by atoms with Gasteiger partial charge in [0, 0.05) is 29.3 Å². The predicted octanol–water partition coefficient (Wildman–Crippen LogP) is 6.44. The van der Waals surface area contributed by atoms with Crippen LogP contribution >= 0.6 is 12.2 Å². The maximum absolute atomic E-state index is 13.4. The Bertz CT molecular complexity index is 1380. The van der Waals surface area contributed by atoms with Gasteiger partial charge in [0.05, 0.1) is 30.8 Å². The molecule has 2 N–H and O–H groups in total. The summed E-state index contributed by atoms with van der Waals surface area (Å²) < 4.78 is 36.5. The minimum atomic E-state index is -0.313. The molecule has 0 amide bonds. The van der Waals surface area contributed by atoms with Crippen molar-refractivity contribution in [2.24, 2.45) is 4.99 Å². The van der Waals surface area contributed by atoms with E-state index in [4.69, 9.17) is 9.47 Å². The largest absolute Gasteiger partial charge is 0.493 e. The summed E-state index contributed by atoms with van der Waals surface area (Å²) in [5, 5.41) is 12.7. The first-order valence-corrected chi connectivity index (χ1v) is 10.6. The summed E-state index contributed by atoms with van der Waals surface area (Å²) in [4.78, 5) is 3.59. The number of thiocarbonyl (C=S) groups is 1. The lowest BCUT2D eigenvalue weighted by atomic mass is 10.1. The summed E-state index contributed by atoms with van der Waals surface area (Å²) >= 11 is 4.34. The van der Waals surface area contributed by atoms with Gasteiger partial charge in [-0.2, -0.15) is 10.1 Å². The number of H-pyrrole nitrogens is 1. The number of ether oxygens (including phenoxy) is 2. The maximum Gasteiger partial charge on any atom is 0.161 e. The van der Waals surface area contributed by atoms with E-state index in [1.807, 2.05) is 12.1 Å². The second-order valence-corrected chi connectivity index (χ2v) is 7.47. The molecule has 0 bridgehead atoms. The van der Waals surface area contributed by atoms with Gasteiger partial charge in [0.15, 0.2) is 17.3 Å². The molecule has 0 aliphatic heterocycles. The van der Waals surface area contributed by atoms with Crippen molar-refractivity contribution in [3.8, 4) is 22.8 Å². The van der Waals surface area contributed by atoms with Gasteiger partial charge in [-0.15, -0.1) is 0 Å². The molecular weight excluding hydrogens is 458 g/mol. The summed E-state index contributed by atoms with van der Waals surface area (Å²) in [6.07, 6.45) is 0.721. The van der Waals surface area contributed by atoms with Crippen molar-refractivity contribution in [3.63, 3.8) is 0 Å². The van der Waals surface area contributed by atoms with E-state index in [2.05, 4.69) is 37.9 Å². The molecule has 9 heteroatoms. The van der Waals surface area contributed by atoms with Crippen LogP contribution in [0.15, 0.2) is 65.7 Å². The Morgan fingerprint density at radius 1 is 1.00 bits per heavy atom. The van der Waals surface area contributed by atoms with E-state index in [0.717, 1.165) is 28.8 Å². The van der Waals surface area contributed by atoms with E-state index in [1.54, 1.807) is 38.5 Å². The van der Waals surface area contributed by atoms with Crippen molar-refractivity contribution in [1.82, 2.24) is 10.2 Å². The number of fused-ring (bicyclic) bond motifs is 3. The Kier molecular flexibility index (Phi) is 6.96. The third-order valence-electron chi connectivity index (χ3n) is 5.18. The Labute approximate surface area is 200 Å². The Balaban J connectivity index is 0.000000231. The smallest absolute Gasteiger partial charge is 0.161 e. The second kappa shape index (κ2) is 10.2. The summed E-state index contributed by atoms with van der Waals surface area (Å²) in [6, 6.07) is 16.1. The van der Waals surface area contributed by atoms with Gasteiger partial charge in [-0.3, -0.25) is 5.10 Å². The van der Waals surface area contributed by atoms with E-state index in [9.17, 15) is 8.78 Å². The lowest BCUT2D eigenvalue weighted by Crippen LogP contribution is -1.96. The fraction of sp³-hybridized carbons (Fsp3) is 0.120. The highest BCUT2D eigenvalue weighted by Crippen LogP contribution is 2.44. The van der Waals surface area contributed by atoms with Gasteiger partial charge in [-0.25, -0.2) is 8.78 Å². The van der Waals surface area contributed by atoms with Gasteiger partial charge >= 0.3 is 0 Å². The quantitative estimate of drug-likeness (QED) is 0.225. The first-order chi connectivity index (χ1) is 16.5. The molecule has 0 saturated carbocycles. The van der Waals surface area contributed by atoms with Gasteiger partial charge in [0.25, 0.3) is 0 Å². The van der Waals surface area contributed by atoms with Crippen LogP contribution in [0, 0.1) is 11.6 Å². The standard InChI is InChI=1S/C18H16FN3O2.C7H4FNS/c1-23-15-7-10-6-14-17(13(10)9-16(15)24-2)21-22-18(14)20-12-5-3-4-11(19)8-12;8-6-2-1-3-7(4-6)9-5-10/h3-5,7-9H,6H2,1-2H3,(H2,20,21,22);1-4H. The molecule has 6 nitrogen and oxygen atoms in total. The van der Waals surface area contributed by atoms with E-state index >= 15 is 0 Å². The monoisotopic (exact) mass is 478 g/mol. The van der Waals surface area contributed by atoms with Crippen molar-refractivity contribution in [2.45, 2.75) is 6.42 Å². The van der Waals surface area contributed by atoms with Crippen molar-refractivity contribution >= 4 is 34.6 Å². The molecule has 1 aliphatic rings. The van der Waals surface area contributed by atoms with Crippen LogP contribution in [0.1, 0.15) is 11.1 Å². The average molecular weight is 479 g/mol. The maximum atomic E-state index is 13.4. The van der Waals surface area contributed by atoms with Crippen LogP contribution in [0.2, 0.25) is 0 Å². The predicted molar refractivity (Wildman–Crippen MR) is 131 cm³/mol. The fourth-order valence-corrected chi connectivity index (χ4v) is 3.76. The van der Waals surface area contributed by atoms with Gasteiger partial charge < -0.3 is 14.8 Å². The number of nitrogens with one attached hydrogen (secondary N) is 2. The van der Waals surface area contributed by atoms with Crippen LogP contribution in [0.25, 0.3) is 11.3 Å². The minimum absolute atomic E-state index is 0.287. The van der Waals surface area contributed by atoms with Crippen LogP contribution < -0.4 is 14.8 Å². The molecule has 1 aliphatic carbocycles. The number of aliphatic imine (C=N–C) groups is 1. The number of nitrogens with zero attached hydrogens (tertiary/aromatic N) is 2.